The van der Waals surface area contributed by atoms with E-state index in [2.05, 4.69) is 5.16 Å². The molecule has 0 amide bonds. The van der Waals surface area contributed by atoms with E-state index in [4.69, 9.17) is 19.4 Å². The summed E-state index contributed by atoms with van der Waals surface area (Å²) in [6.45, 7) is 0. The van der Waals surface area contributed by atoms with Crippen LogP contribution in [0.2, 0.25) is 0 Å². The van der Waals surface area contributed by atoms with Crippen molar-refractivity contribution in [1.29, 1.82) is 0 Å². The van der Waals surface area contributed by atoms with Crippen LogP contribution in [0.5, 0.6) is 11.5 Å². The van der Waals surface area contributed by atoms with E-state index in [1.54, 1.807) is 20.3 Å². The first-order chi connectivity index (χ1) is 12.6. The molecule has 6 heteroatoms. The Bertz CT molecular complexity index is 742. The molecule has 0 spiro atoms. The van der Waals surface area contributed by atoms with Crippen LogP contribution < -0.4 is 9.47 Å². The average molecular weight is 355 g/mol. The van der Waals surface area contributed by atoms with Crippen LogP contribution in [0.15, 0.2) is 59.8 Å². The number of allylic oxidation sites excluding steroid dienone is 1. The zero-order valence-corrected chi connectivity index (χ0v) is 14.9. The van der Waals surface area contributed by atoms with Crippen molar-refractivity contribution in [2.75, 3.05) is 21.3 Å². The van der Waals surface area contributed by atoms with E-state index in [1.807, 2.05) is 48.5 Å². The highest BCUT2D eigenvalue weighted by molar-refractivity contribution is 6.10. The zero-order valence-electron chi connectivity index (χ0n) is 14.9. The van der Waals surface area contributed by atoms with Crippen LogP contribution in [0.3, 0.4) is 0 Å². The van der Waals surface area contributed by atoms with Crippen molar-refractivity contribution >= 4 is 17.3 Å². The van der Waals surface area contributed by atoms with E-state index < -0.39 is 5.97 Å². The molecule has 0 aliphatic rings. The Morgan fingerprint density at radius 1 is 0.923 bits per heavy atom. The van der Waals surface area contributed by atoms with E-state index in [9.17, 15) is 4.79 Å². The number of benzene rings is 2. The van der Waals surface area contributed by atoms with Gasteiger partial charge in [0.1, 0.15) is 18.6 Å². The first-order valence-corrected chi connectivity index (χ1v) is 7.89. The maximum atomic E-state index is 11.1. The quantitative estimate of drug-likeness (QED) is 0.578. The number of aliphatic carboxylic acids is 1. The number of carboxylic acids is 1. The lowest BCUT2D eigenvalue weighted by molar-refractivity contribution is -0.135. The Morgan fingerprint density at radius 2 is 1.38 bits per heavy atom. The number of hydrogen-bond acceptors (Lipinski definition) is 5. The van der Waals surface area contributed by atoms with Gasteiger partial charge in [0.2, 0.25) is 0 Å². The second-order valence-corrected chi connectivity index (χ2v) is 5.35. The van der Waals surface area contributed by atoms with Crippen LogP contribution in [0.1, 0.15) is 17.5 Å². The molecule has 0 atom stereocenters. The topological polar surface area (TPSA) is 77.3 Å². The minimum Gasteiger partial charge on any atom is -0.497 e. The summed E-state index contributed by atoms with van der Waals surface area (Å²) < 4.78 is 10.4. The van der Waals surface area contributed by atoms with Gasteiger partial charge in [-0.05, 0) is 47.0 Å². The van der Waals surface area contributed by atoms with Gasteiger partial charge in [-0.15, -0.1) is 0 Å². The summed E-state index contributed by atoms with van der Waals surface area (Å²) in [4.78, 5) is 15.9. The van der Waals surface area contributed by atoms with Gasteiger partial charge < -0.3 is 19.4 Å². The molecule has 0 saturated heterocycles. The first kappa shape index (κ1) is 19.1. The second-order valence-electron chi connectivity index (χ2n) is 5.35. The van der Waals surface area contributed by atoms with Crippen molar-refractivity contribution in [3.05, 3.63) is 65.7 Å². The Kier molecular flexibility index (Phi) is 6.79. The minimum absolute atomic E-state index is 0.246. The molecule has 2 aromatic rings. The van der Waals surface area contributed by atoms with Crippen LogP contribution in [-0.2, 0) is 9.63 Å². The number of nitrogens with zero attached hydrogens (tertiary/aromatic N) is 1. The van der Waals surface area contributed by atoms with Crippen molar-refractivity contribution in [3.8, 4) is 11.5 Å². The molecule has 0 radical (unpaired) electrons. The molecular weight excluding hydrogens is 334 g/mol. The van der Waals surface area contributed by atoms with E-state index >= 15 is 0 Å². The minimum atomic E-state index is -0.985. The Labute approximate surface area is 152 Å². The van der Waals surface area contributed by atoms with Crippen LogP contribution >= 0.6 is 0 Å². The third-order valence-corrected chi connectivity index (χ3v) is 3.65. The summed E-state index contributed by atoms with van der Waals surface area (Å²) in [5.74, 6) is 0.485. The summed E-state index contributed by atoms with van der Waals surface area (Å²) in [6.07, 6.45) is 1.46. The molecule has 1 N–H and O–H groups in total. The lowest BCUT2D eigenvalue weighted by atomic mass is 9.96. The lowest BCUT2D eigenvalue weighted by Gasteiger charge is -2.11. The molecular formula is C20H21NO5. The molecule has 2 aromatic carbocycles. The van der Waals surface area contributed by atoms with Gasteiger partial charge in [0.15, 0.2) is 0 Å². The van der Waals surface area contributed by atoms with Crippen LogP contribution in [-0.4, -0.2) is 38.1 Å². The summed E-state index contributed by atoms with van der Waals surface area (Å²) in [7, 11) is 4.59. The maximum absolute atomic E-state index is 11.1. The van der Waals surface area contributed by atoms with Gasteiger partial charge in [-0.2, -0.15) is 0 Å². The van der Waals surface area contributed by atoms with E-state index in [0.717, 1.165) is 28.2 Å². The average Bonchev–Trinajstić information content (AvgIpc) is 2.66. The summed E-state index contributed by atoms with van der Waals surface area (Å²) >= 11 is 0. The molecule has 0 aromatic heterocycles. The third kappa shape index (κ3) is 5.11. The lowest BCUT2D eigenvalue weighted by Crippen LogP contribution is -2.06. The molecule has 0 fully saturated rings. The molecule has 6 nitrogen and oxygen atoms in total. The largest absolute Gasteiger partial charge is 0.497 e. The van der Waals surface area contributed by atoms with E-state index in [1.165, 1.54) is 7.11 Å². The molecule has 26 heavy (non-hydrogen) atoms. The number of rotatable bonds is 8. The molecule has 2 rings (SSSR count). The predicted molar refractivity (Wildman–Crippen MR) is 99.8 cm³/mol. The Hall–Kier alpha value is -3.28. The van der Waals surface area contributed by atoms with Gasteiger partial charge >= 0.3 is 5.97 Å². The standard InChI is InChI=1S/C20H21NO5/c1-24-17-8-4-14(5-9-17)19(12-16(21-26-3)13-20(22)23)15-6-10-18(25-2)11-7-15/h4-12H,13H2,1-3H3,(H,22,23). The van der Waals surface area contributed by atoms with Gasteiger partial charge in [0.05, 0.1) is 26.4 Å². The van der Waals surface area contributed by atoms with Crippen molar-refractivity contribution < 1.29 is 24.2 Å². The van der Waals surface area contributed by atoms with Gasteiger partial charge in [-0.3, -0.25) is 4.79 Å². The van der Waals surface area contributed by atoms with Crippen LogP contribution in [0.25, 0.3) is 5.57 Å². The van der Waals surface area contributed by atoms with Gasteiger partial charge in [-0.1, -0.05) is 29.4 Å². The fourth-order valence-electron chi connectivity index (χ4n) is 2.42. The Morgan fingerprint density at radius 3 is 1.73 bits per heavy atom. The molecule has 0 bridgehead atoms. The fraction of sp³-hybridized carbons (Fsp3) is 0.200. The predicted octanol–water partition coefficient (Wildman–Crippen LogP) is 3.61. The molecule has 0 aliphatic carbocycles. The second kappa shape index (κ2) is 9.27. The number of hydrogen-bond donors (Lipinski definition) is 1. The highest BCUT2D eigenvalue weighted by Gasteiger charge is 2.11. The normalized spacial score (nSPS) is 10.8. The Balaban J connectivity index is 2.53. The molecule has 0 heterocycles. The van der Waals surface area contributed by atoms with Crippen molar-refractivity contribution in [3.63, 3.8) is 0 Å². The van der Waals surface area contributed by atoms with Crippen molar-refractivity contribution in [2.45, 2.75) is 6.42 Å². The molecule has 0 unspecified atom stereocenters. The maximum Gasteiger partial charge on any atom is 0.309 e. The zero-order chi connectivity index (χ0) is 18.9. The monoisotopic (exact) mass is 355 g/mol. The highest BCUT2D eigenvalue weighted by atomic mass is 16.6. The third-order valence-electron chi connectivity index (χ3n) is 3.65. The van der Waals surface area contributed by atoms with Gasteiger partial charge in [0, 0.05) is 0 Å². The van der Waals surface area contributed by atoms with Crippen molar-refractivity contribution in [2.24, 2.45) is 5.16 Å². The number of carbonyl (C=O) groups is 1. The summed E-state index contributed by atoms with van der Waals surface area (Å²) in [6, 6.07) is 15.0. The molecule has 136 valence electrons. The number of oxime groups is 1. The SMILES string of the molecule is CON=C(C=C(c1ccc(OC)cc1)c1ccc(OC)cc1)CC(=O)O. The van der Waals surface area contributed by atoms with Crippen LogP contribution in [0.4, 0.5) is 0 Å². The summed E-state index contributed by atoms with van der Waals surface area (Å²) in [5, 5.41) is 12.9. The highest BCUT2D eigenvalue weighted by Crippen LogP contribution is 2.27. The number of ether oxygens (including phenoxy) is 2. The number of methoxy groups -OCH3 is 2. The summed E-state index contributed by atoms with van der Waals surface area (Å²) in [5.41, 5.74) is 2.91. The van der Waals surface area contributed by atoms with Gasteiger partial charge in [0.25, 0.3) is 0 Å². The first-order valence-electron chi connectivity index (χ1n) is 7.89. The van der Waals surface area contributed by atoms with E-state index in [-0.39, 0.29) is 6.42 Å². The van der Waals surface area contributed by atoms with Gasteiger partial charge in [-0.25, -0.2) is 0 Å². The molecule has 0 saturated carbocycles. The molecule has 0 aliphatic heterocycles. The fourth-order valence-corrected chi connectivity index (χ4v) is 2.42. The smallest absolute Gasteiger partial charge is 0.309 e. The van der Waals surface area contributed by atoms with Crippen molar-refractivity contribution in [1.82, 2.24) is 0 Å². The van der Waals surface area contributed by atoms with Crippen LogP contribution in [0, 0.1) is 0 Å². The number of carboxylic acid groups (broad SMARTS) is 1. The van der Waals surface area contributed by atoms with E-state index in [0.29, 0.717) is 5.71 Å².